The summed E-state index contributed by atoms with van der Waals surface area (Å²) in [5, 5.41) is 0. The monoisotopic (exact) mass is 383 g/mol. The molecule has 2 aliphatic rings. The van der Waals surface area contributed by atoms with Gasteiger partial charge in [0.2, 0.25) is 10.0 Å². The molecule has 3 aromatic rings. The third-order valence-corrected chi connectivity index (χ3v) is 6.99. The fourth-order valence-corrected chi connectivity index (χ4v) is 5.16. The number of nitrogens with zero attached hydrogens (tertiary/aromatic N) is 3. The number of rotatable bonds is 2. The van der Waals surface area contributed by atoms with Crippen molar-refractivity contribution in [1.82, 2.24) is 13.7 Å². The van der Waals surface area contributed by atoms with Gasteiger partial charge in [0.1, 0.15) is 11.4 Å². The Morgan fingerprint density at radius 2 is 2.00 bits per heavy atom. The highest BCUT2D eigenvalue weighted by Crippen LogP contribution is 2.30. The third-order valence-electron chi connectivity index (χ3n) is 5.14. The van der Waals surface area contributed by atoms with Gasteiger partial charge in [0.25, 0.3) is 5.56 Å². The van der Waals surface area contributed by atoms with Gasteiger partial charge in [-0.1, -0.05) is 6.07 Å². The molecule has 0 spiro atoms. The lowest BCUT2D eigenvalue weighted by Gasteiger charge is -2.27. The number of pyridine rings is 1. The number of ether oxygens (including phenoxy) is 1. The molecule has 27 heavy (non-hydrogen) atoms. The molecule has 0 saturated carbocycles. The zero-order valence-electron chi connectivity index (χ0n) is 14.5. The summed E-state index contributed by atoms with van der Waals surface area (Å²) in [6.07, 6.45) is 2.78. The van der Waals surface area contributed by atoms with Gasteiger partial charge in [-0.25, -0.2) is 13.4 Å². The second-order valence-electron chi connectivity index (χ2n) is 6.73. The maximum atomic E-state index is 13.1. The summed E-state index contributed by atoms with van der Waals surface area (Å²) < 4.78 is 34.5. The van der Waals surface area contributed by atoms with E-state index in [4.69, 9.17) is 4.74 Å². The van der Waals surface area contributed by atoms with E-state index in [2.05, 4.69) is 4.98 Å². The van der Waals surface area contributed by atoms with E-state index in [-0.39, 0.29) is 17.0 Å². The van der Waals surface area contributed by atoms with Crippen LogP contribution >= 0.6 is 0 Å². The molecule has 2 aromatic heterocycles. The van der Waals surface area contributed by atoms with Crippen LogP contribution in [0, 0.1) is 0 Å². The van der Waals surface area contributed by atoms with E-state index < -0.39 is 10.0 Å². The Kier molecular flexibility index (Phi) is 3.60. The van der Waals surface area contributed by atoms with Crippen molar-refractivity contribution >= 4 is 15.7 Å². The molecular weight excluding hydrogens is 366 g/mol. The predicted molar refractivity (Wildman–Crippen MR) is 98.4 cm³/mol. The van der Waals surface area contributed by atoms with E-state index in [0.717, 1.165) is 11.3 Å². The summed E-state index contributed by atoms with van der Waals surface area (Å²) in [6.45, 7) is 0.915. The highest BCUT2D eigenvalue weighted by atomic mass is 32.2. The Balaban J connectivity index is 1.55. The van der Waals surface area contributed by atoms with Gasteiger partial charge in [0, 0.05) is 32.1 Å². The summed E-state index contributed by atoms with van der Waals surface area (Å²) >= 11 is 0. The first-order chi connectivity index (χ1) is 13.0. The SMILES string of the molecule is O=c1c2c(nc3ccccn13)CCN(S(=O)(=O)c1ccc3c(c1)CCO3)C2. The van der Waals surface area contributed by atoms with E-state index in [9.17, 15) is 13.2 Å². The molecular formula is C19H17N3O4S. The van der Waals surface area contributed by atoms with Crippen molar-refractivity contribution in [2.75, 3.05) is 13.2 Å². The van der Waals surface area contributed by atoms with Crippen molar-refractivity contribution in [1.29, 1.82) is 0 Å². The molecule has 8 heteroatoms. The number of sulfonamides is 1. The van der Waals surface area contributed by atoms with Crippen LogP contribution < -0.4 is 10.3 Å². The highest BCUT2D eigenvalue weighted by molar-refractivity contribution is 7.89. The van der Waals surface area contributed by atoms with E-state index in [1.165, 1.54) is 8.71 Å². The van der Waals surface area contributed by atoms with E-state index in [1.54, 1.807) is 36.5 Å². The standard InChI is InChI=1S/C19H17N3O4S/c23-19-15-12-21(9-6-16(15)20-18-3-1-2-8-22(18)19)27(24,25)14-4-5-17-13(11-14)7-10-26-17/h1-5,8,11H,6-7,9-10,12H2. The second kappa shape index (κ2) is 5.90. The largest absolute Gasteiger partial charge is 0.493 e. The van der Waals surface area contributed by atoms with Crippen LogP contribution in [0.4, 0.5) is 0 Å². The average Bonchev–Trinajstić information content (AvgIpc) is 3.16. The van der Waals surface area contributed by atoms with Gasteiger partial charge in [0.05, 0.1) is 22.8 Å². The van der Waals surface area contributed by atoms with Crippen molar-refractivity contribution in [3.63, 3.8) is 0 Å². The summed E-state index contributed by atoms with van der Waals surface area (Å²) in [4.78, 5) is 17.6. The normalized spacial score (nSPS) is 16.7. The summed E-state index contributed by atoms with van der Waals surface area (Å²) in [5.74, 6) is 0.742. The van der Waals surface area contributed by atoms with Crippen molar-refractivity contribution in [2.45, 2.75) is 24.3 Å². The third kappa shape index (κ3) is 2.55. The first-order valence-electron chi connectivity index (χ1n) is 8.79. The van der Waals surface area contributed by atoms with Crippen LogP contribution in [0.5, 0.6) is 5.75 Å². The molecule has 0 radical (unpaired) electrons. The fourth-order valence-electron chi connectivity index (χ4n) is 3.70. The minimum atomic E-state index is -3.69. The van der Waals surface area contributed by atoms with Gasteiger partial charge in [-0.15, -0.1) is 0 Å². The Bertz CT molecular complexity index is 1230. The molecule has 0 unspecified atom stereocenters. The van der Waals surface area contributed by atoms with Gasteiger partial charge < -0.3 is 4.74 Å². The molecule has 2 aliphatic heterocycles. The van der Waals surface area contributed by atoms with Gasteiger partial charge in [-0.05, 0) is 35.9 Å². The first-order valence-corrected chi connectivity index (χ1v) is 10.2. The van der Waals surface area contributed by atoms with Crippen LogP contribution in [0.2, 0.25) is 0 Å². The van der Waals surface area contributed by atoms with Crippen LogP contribution in [-0.4, -0.2) is 35.3 Å². The molecule has 4 heterocycles. The van der Waals surface area contributed by atoms with Crippen molar-refractivity contribution in [3.8, 4) is 5.75 Å². The van der Waals surface area contributed by atoms with Crippen LogP contribution in [0.15, 0.2) is 52.3 Å². The number of aromatic nitrogens is 2. The fraction of sp³-hybridized carbons (Fsp3) is 0.263. The molecule has 7 nitrogen and oxygen atoms in total. The highest BCUT2D eigenvalue weighted by Gasteiger charge is 2.31. The second-order valence-corrected chi connectivity index (χ2v) is 8.67. The Hall–Kier alpha value is -2.71. The lowest BCUT2D eigenvalue weighted by Crippen LogP contribution is -2.40. The zero-order valence-corrected chi connectivity index (χ0v) is 15.3. The van der Waals surface area contributed by atoms with Gasteiger partial charge in [0.15, 0.2) is 0 Å². The van der Waals surface area contributed by atoms with E-state index in [0.29, 0.717) is 42.9 Å². The minimum absolute atomic E-state index is 0.0366. The molecule has 0 atom stereocenters. The molecule has 1 aromatic carbocycles. The summed E-state index contributed by atoms with van der Waals surface area (Å²) in [7, 11) is -3.69. The first kappa shape index (κ1) is 16.5. The number of fused-ring (bicyclic) bond motifs is 3. The van der Waals surface area contributed by atoms with Crippen LogP contribution in [0.25, 0.3) is 5.65 Å². The molecule has 5 rings (SSSR count). The lowest BCUT2D eigenvalue weighted by atomic mass is 10.1. The summed E-state index contributed by atoms with van der Waals surface area (Å²) in [5.41, 5.74) is 2.40. The molecule has 0 amide bonds. The smallest absolute Gasteiger partial charge is 0.262 e. The molecule has 0 saturated heterocycles. The molecule has 0 N–H and O–H groups in total. The minimum Gasteiger partial charge on any atom is -0.493 e. The Morgan fingerprint density at radius 3 is 2.89 bits per heavy atom. The maximum absolute atomic E-state index is 13.1. The molecule has 138 valence electrons. The average molecular weight is 383 g/mol. The van der Waals surface area contributed by atoms with E-state index in [1.807, 2.05) is 6.07 Å². The molecule has 0 aliphatic carbocycles. The number of hydrogen-bond donors (Lipinski definition) is 0. The molecule has 0 bridgehead atoms. The predicted octanol–water partition coefficient (Wildman–Crippen LogP) is 1.38. The maximum Gasteiger partial charge on any atom is 0.262 e. The van der Waals surface area contributed by atoms with Crippen molar-refractivity contribution in [3.05, 3.63) is 69.8 Å². The van der Waals surface area contributed by atoms with Gasteiger partial charge >= 0.3 is 0 Å². The topological polar surface area (TPSA) is 81.0 Å². The Labute approximate surface area is 155 Å². The Morgan fingerprint density at radius 1 is 1.11 bits per heavy atom. The van der Waals surface area contributed by atoms with Crippen molar-refractivity contribution < 1.29 is 13.2 Å². The van der Waals surface area contributed by atoms with Crippen LogP contribution in [0.1, 0.15) is 16.8 Å². The zero-order chi connectivity index (χ0) is 18.6. The van der Waals surface area contributed by atoms with Gasteiger partial charge in [-0.3, -0.25) is 9.20 Å². The quantitative estimate of drug-likeness (QED) is 0.668. The number of benzene rings is 1. The molecule has 0 fully saturated rings. The van der Waals surface area contributed by atoms with Crippen LogP contribution in [0.3, 0.4) is 0 Å². The summed E-state index contributed by atoms with van der Waals surface area (Å²) in [6, 6.07) is 10.3. The van der Waals surface area contributed by atoms with Gasteiger partial charge in [-0.2, -0.15) is 4.31 Å². The number of hydrogen-bond acceptors (Lipinski definition) is 5. The van der Waals surface area contributed by atoms with Crippen molar-refractivity contribution in [2.24, 2.45) is 0 Å². The lowest BCUT2D eigenvalue weighted by molar-refractivity contribution is 0.356. The van der Waals surface area contributed by atoms with Crippen LogP contribution in [-0.2, 0) is 29.4 Å². The van der Waals surface area contributed by atoms with E-state index >= 15 is 0 Å².